The molecule has 0 aliphatic heterocycles. The predicted octanol–water partition coefficient (Wildman–Crippen LogP) is 7.77. The third-order valence-electron chi connectivity index (χ3n) is 7.37. The molecule has 0 aliphatic carbocycles. The number of nitrogens with one attached hydrogen (secondary N) is 1. The second-order valence-electron chi connectivity index (χ2n) is 12.2. The lowest BCUT2D eigenvalue weighted by molar-refractivity contribution is -0.140. The first-order chi connectivity index (χ1) is 22.2. The Labute approximate surface area is 292 Å². The number of sulfonamides is 1. The van der Waals surface area contributed by atoms with Gasteiger partial charge in [-0.3, -0.25) is 13.9 Å². The smallest absolute Gasteiger partial charge is 0.264 e. The predicted molar refractivity (Wildman–Crippen MR) is 193 cm³/mol. The number of nitrogens with zero attached hydrogens (tertiary/aromatic N) is 2. The van der Waals surface area contributed by atoms with E-state index in [0.29, 0.717) is 21.3 Å². The van der Waals surface area contributed by atoms with E-state index < -0.39 is 34.1 Å². The highest BCUT2D eigenvalue weighted by Gasteiger charge is 2.36. The molecule has 0 fully saturated rings. The van der Waals surface area contributed by atoms with Crippen molar-refractivity contribution in [1.29, 1.82) is 0 Å². The van der Waals surface area contributed by atoms with Gasteiger partial charge in [0.15, 0.2) is 0 Å². The van der Waals surface area contributed by atoms with Crippen LogP contribution >= 0.6 is 35.0 Å². The minimum atomic E-state index is -4.21. The molecule has 0 saturated heterocycles. The molecule has 248 valence electrons. The van der Waals surface area contributed by atoms with Gasteiger partial charge < -0.3 is 10.2 Å². The van der Waals surface area contributed by atoms with Gasteiger partial charge in [0.2, 0.25) is 11.8 Å². The molecule has 0 radical (unpaired) electrons. The average Bonchev–Trinajstić information content (AvgIpc) is 3.02. The average molecular weight is 713 g/mol. The fourth-order valence-electron chi connectivity index (χ4n) is 4.95. The Morgan fingerprint density at radius 1 is 0.894 bits per heavy atom. The van der Waals surface area contributed by atoms with Crippen LogP contribution in [0.5, 0.6) is 0 Å². The Hall–Kier alpha value is -3.50. The zero-order valence-corrected chi connectivity index (χ0v) is 30.2. The molecule has 4 aromatic rings. The van der Waals surface area contributed by atoms with Gasteiger partial charge in [-0.05, 0) is 93.6 Å². The summed E-state index contributed by atoms with van der Waals surface area (Å²) in [6.07, 6.45) is 2.09. The molecule has 0 bridgehead atoms. The summed E-state index contributed by atoms with van der Waals surface area (Å²) in [4.78, 5) is 31.0. The van der Waals surface area contributed by atoms with E-state index in [2.05, 4.69) is 5.32 Å². The van der Waals surface area contributed by atoms with Crippen LogP contribution in [0.2, 0.25) is 10.0 Å². The van der Waals surface area contributed by atoms with Gasteiger partial charge in [0.25, 0.3) is 10.0 Å². The molecule has 0 aromatic heterocycles. The summed E-state index contributed by atoms with van der Waals surface area (Å²) in [6, 6.07) is 26.8. The summed E-state index contributed by atoms with van der Waals surface area (Å²) in [6.45, 7) is 6.86. The summed E-state index contributed by atoms with van der Waals surface area (Å²) >= 11 is 14.3. The SMILES string of the molecule is CSc1ccc(S(=O)(=O)N(CC(=O)N(Cc2ccc(Cl)cc2Cl)[C@@H](Cc2ccccc2)C(=O)NC(C)(C)C)c2ccc(C)cc2)cc1. The van der Waals surface area contributed by atoms with E-state index in [-0.39, 0.29) is 23.8 Å². The molecular formula is C36H39Cl2N3O4S2. The first kappa shape index (κ1) is 36.3. The van der Waals surface area contributed by atoms with Crippen LogP contribution in [-0.4, -0.2) is 49.5 Å². The zero-order valence-electron chi connectivity index (χ0n) is 27.0. The quantitative estimate of drug-likeness (QED) is 0.152. The molecule has 0 saturated carbocycles. The number of anilines is 1. The minimum Gasteiger partial charge on any atom is -0.350 e. The van der Waals surface area contributed by atoms with Gasteiger partial charge in [-0.1, -0.05) is 77.3 Å². The van der Waals surface area contributed by atoms with Gasteiger partial charge in [-0.25, -0.2) is 8.42 Å². The first-order valence-electron chi connectivity index (χ1n) is 15.0. The Morgan fingerprint density at radius 3 is 2.11 bits per heavy atom. The molecule has 0 spiro atoms. The number of hydrogen-bond acceptors (Lipinski definition) is 5. The second-order valence-corrected chi connectivity index (χ2v) is 15.8. The summed E-state index contributed by atoms with van der Waals surface area (Å²) in [7, 11) is -4.21. The topological polar surface area (TPSA) is 86.8 Å². The number of halogens is 2. The fourth-order valence-corrected chi connectivity index (χ4v) is 7.25. The van der Waals surface area contributed by atoms with E-state index >= 15 is 0 Å². The van der Waals surface area contributed by atoms with E-state index in [4.69, 9.17) is 23.2 Å². The number of amides is 2. The third kappa shape index (κ3) is 9.76. The van der Waals surface area contributed by atoms with Gasteiger partial charge in [0.05, 0.1) is 10.6 Å². The van der Waals surface area contributed by atoms with Crippen molar-refractivity contribution in [3.63, 3.8) is 0 Å². The van der Waals surface area contributed by atoms with Crippen molar-refractivity contribution in [2.75, 3.05) is 17.1 Å². The normalized spacial score (nSPS) is 12.3. The van der Waals surface area contributed by atoms with Crippen LogP contribution in [0.25, 0.3) is 0 Å². The molecule has 1 atom stereocenters. The largest absolute Gasteiger partial charge is 0.350 e. The number of carbonyl (C=O) groups is 2. The number of carbonyl (C=O) groups excluding carboxylic acids is 2. The van der Waals surface area contributed by atoms with Crippen LogP contribution in [0.1, 0.15) is 37.5 Å². The van der Waals surface area contributed by atoms with Gasteiger partial charge in [-0.2, -0.15) is 0 Å². The van der Waals surface area contributed by atoms with Crippen molar-refractivity contribution in [3.05, 3.63) is 124 Å². The van der Waals surface area contributed by atoms with Crippen LogP contribution in [0.4, 0.5) is 5.69 Å². The van der Waals surface area contributed by atoms with Crippen LogP contribution in [0.15, 0.2) is 107 Å². The Kier molecular flexibility index (Phi) is 12.1. The van der Waals surface area contributed by atoms with E-state index in [9.17, 15) is 18.0 Å². The van der Waals surface area contributed by atoms with Gasteiger partial charge in [0.1, 0.15) is 12.6 Å². The van der Waals surface area contributed by atoms with E-state index in [1.165, 1.54) is 28.8 Å². The number of thioether (sulfide) groups is 1. The first-order valence-corrected chi connectivity index (χ1v) is 18.4. The maximum atomic E-state index is 14.6. The molecule has 0 heterocycles. The van der Waals surface area contributed by atoms with Gasteiger partial charge >= 0.3 is 0 Å². The summed E-state index contributed by atoms with van der Waals surface area (Å²) < 4.78 is 29.6. The van der Waals surface area contributed by atoms with Crippen molar-refractivity contribution >= 4 is 62.5 Å². The van der Waals surface area contributed by atoms with Crippen LogP contribution in [-0.2, 0) is 32.6 Å². The summed E-state index contributed by atoms with van der Waals surface area (Å²) in [5.41, 5.74) is 2.05. The molecule has 4 rings (SSSR count). The molecule has 7 nitrogen and oxygen atoms in total. The third-order valence-corrected chi connectivity index (χ3v) is 10.5. The van der Waals surface area contributed by atoms with Crippen LogP contribution in [0.3, 0.4) is 0 Å². The second kappa shape index (κ2) is 15.6. The molecule has 2 amide bonds. The van der Waals surface area contributed by atoms with Crippen LogP contribution < -0.4 is 9.62 Å². The molecule has 0 unspecified atom stereocenters. The van der Waals surface area contributed by atoms with E-state index in [1.54, 1.807) is 54.6 Å². The van der Waals surface area contributed by atoms with E-state index in [1.807, 2.05) is 64.3 Å². The van der Waals surface area contributed by atoms with Crippen molar-refractivity contribution in [3.8, 4) is 0 Å². The maximum absolute atomic E-state index is 14.6. The van der Waals surface area contributed by atoms with E-state index in [0.717, 1.165) is 20.3 Å². The molecule has 4 aromatic carbocycles. The molecule has 47 heavy (non-hydrogen) atoms. The van der Waals surface area contributed by atoms with Gasteiger partial charge in [0, 0.05) is 33.4 Å². The Balaban J connectivity index is 1.83. The molecule has 0 aliphatic rings. The Morgan fingerprint density at radius 2 is 1.53 bits per heavy atom. The minimum absolute atomic E-state index is 0.0438. The number of benzene rings is 4. The maximum Gasteiger partial charge on any atom is 0.264 e. The Bertz CT molecular complexity index is 1800. The van der Waals surface area contributed by atoms with Crippen molar-refractivity contribution in [1.82, 2.24) is 10.2 Å². The highest BCUT2D eigenvalue weighted by molar-refractivity contribution is 7.98. The zero-order chi connectivity index (χ0) is 34.4. The van der Waals surface area contributed by atoms with Gasteiger partial charge in [-0.15, -0.1) is 11.8 Å². The fraction of sp³-hybridized carbons (Fsp3) is 0.278. The lowest BCUT2D eigenvalue weighted by Gasteiger charge is -2.35. The lowest BCUT2D eigenvalue weighted by Crippen LogP contribution is -2.56. The molecular weight excluding hydrogens is 673 g/mol. The van der Waals surface area contributed by atoms with Crippen LogP contribution in [0, 0.1) is 6.92 Å². The number of aryl methyl sites for hydroxylation is 1. The van der Waals surface area contributed by atoms with Crippen molar-refractivity contribution in [2.24, 2.45) is 0 Å². The lowest BCUT2D eigenvalue weighted by atomic mass is 10.0. The molecule has 11 heteroatoms. The monoisotopic (exact) mass is 711 g/mol. The highest BCUT2D eigenvalue weighted by Crippen LogP contribution is 2.28. The standard InChI is InChI=1S/C36H39Cl2N3O4S2/c1-25-11-15-29(16-12-25)41(47(44,45)31-19-17-30(46-5)18-20-31)24-34(42)40(23-27-13-14-28(37)22-32(27)38)33(35(43)39-36(2,3)4)21-26-9-7-6-8-10-26/h6-20,22,33H,21,23-24H2,1-5H3,(H,39,43)/t33-/m0/s1. The summed E-state index contributed by atoms with van der Waals surface area (Å²) in [5, 5.41) is 3.77. The summed E-state index contributed by atoms with van der Waals surface area (Å²) in [5.74, 6) is -0.955. The highest BCUT2D eigenvalue weighted by atomic mass is 35.5. The number of rotatable bonds is 12. The molecule has 1 N–H and O–H groups in total. The number of hydrogen-bond donors (Lipinski definition) is 1. The van der Waals surface area contributed by atoms with Crippen molar-refractivity contribution in [2.45, 2.75) is 62.0 Å². The van der Waals surface area contributed by atoms with Crippen molar-refractivity contribution < 1.29 is 18.0 Å².